The lowest BCUT2D eigenvalue weighted by Gasteiger charge is -2.13. The molecule has 5 heteroatoms. The van der Waals surface area contributed by atoms with Gasteiger partial charge >= 0.3 is 0 Å². The average molecular weight is 224 g/mol. The van der Waals surface area contributed by atoms with Crippen molar-refractivity contribution in [3.05, 3.63) is 35.2 Å². The van der Waals surface area contributed by atoms with E-state index in [1.165, 1.54) is 11.3 Å². The maximum Gasteiger partial charge on any atom is 0.185 e. The Balaban J connectivity index is 2.04. The van der Waals surface area contributed by atoms with Crippen molar-refractivity contribution in [2.24, 2.45) is 0 Å². The van der Waals surface area contributed by atoms with Crippen molar-refractivity contribution < 1.29 is 9.52 Å². The molecule has 80 valence electrons. The number of furan rings is 1. The lowest BCUT2D eigenvalue weighted by atomic mass is 10.4. The topological polar surface area (TPSA) is 49.5 Å². The Morgan fingerprint density at radius 2 is 2.47 bits per heavy atom. The molecule has 0 fully saturated rings. The second-order valence-corrected chi connectivity index (χ2v) is 4.30. The van der Waals surface area contributed by atoms with E-state index in [2.05, 4.69) is 4.98 Å². The van der Waals surface area contributed by atoms with Crippen LogP contribution < -0.4 is 4.90 Å². The molecule has 2 rings (SSSR count). The van der Waals surface area contributed by atoms with Gasteiger partial charge in [0.05, 0.1) is 24.3 Å². The summed E-state index contributed by atoms with van der Waals surface area (Å²) in [5.41, 5.74) is 0. The fourth-order valence-corrected chi connectivity index (χ4v) is 1.98. The molecule has 0 aliphatic carbocycles. The monoisotopic (exact) mass is 224 g/mol. The fourth-order valence-electron chi connectivity index (χ4n) is 1.25. The first kappa shape index (κ1) is 10.2. The normalized spacial score (nSPS) is 10.5. The molecule has 0 amide bonds. The van der Waals surface area contributed by atoms with E-state index in [-0.39, 0.29) is 6.61 Å². The van der Waals surface area contributed by atoms with Gasteiger partial charge < -0.3 is 14.4 Å². The molecule has 0 unspecified atom stereocenters. The van der Waals surface area contributed by atoms with Gasteiger partial charge in [0.25, 0.3) is 0 Å². The second-order valence-electron chi connectivity index (χ2n) is 3.20. The molecule has 4 nitrogen and oxygen atoms in total. The molecule has 2 heterocycles. The maximum atomic E-state index is 8.92. The number of aliphatic hydroxyl groups excluding tert-OH is 1. The highest BCUT2D eigenvalue weighted by Gasteiger charge is 2.08. The first-order valence-electron chi connectivity index (χ1n) is 4.58. The molecule has 0 saturated heterocycles. The smallest absolute Gasteiger partial charge is 0.185 e. The van der Waals surface area contributed by atoms with Crippen LogP contribution in [0.15, 0.2) is 29.0 Å². The van der Waals surface area contributed by atoms with Gasteiger partial charge in [-0.2, -0.15) is 0 Å². The summed E-state index contributed by atoms with van der Waals surface area (Å²) in [5.74, 6) is 0.901. The Labute approximate surface area is 91.8 Å². The van der Waals surface area contributed by atoms with Crippen LogP contribution >= 0.6 is 11.3 Å². The lowest BCUT2D eigenvalue weighted by Crippen LogP contribution is -2.15. The summed E-state index contributed by atoms with van der Waals surface area (Å²) < 4.78 is 5.24. The predicted octanol–water partition coefficient (Wildman–Crippen LogP) is 1.86. The number of hydrogen-bond donors (Lipinski definition) is 1. The highest BCUT2D eigenvalue weighted by molar-refractivity contribution is 7.15. The Bertz CT molecular complexity index is 411. The number of aliphatic hydroxyl groups is 1. The van der Waals surface area contributed by atoms with E-state index >= 15 is 0 Å². The second kappa shape index (κ2) is 4.46. The lowest BCUT2D eigenvalue weighted by molar-refractivity contribution is 0.285. The summed E-state index contributed by atoms with van der Waals surface area (Å²) in [6.07, 6.45) is 3.35. The molecule has 2 aromatic heterocycles. The van der Waals surface area contributed by atoms with Crippen LogP contribution in [0, 0.1) is 0 Å². The van der Waals surface area contributed by atoms with Crippen LogP contribution in [0.25, 0.3) is 0 Å². The van der Waals surface area contributed by atoms with Crippen LogP contribution in [0.2, 0.25) is 0 Å². The van der Waals surface area contributed by atoms with Gasteiger partial charge in [-0.05, 0) is 12.1 Å². The molecule has 0 bridgehead atoms. The minimum Gasteiger partial charge on any atom is -0.467 e. The van der Waals surface area contributed by atoms with E-state index in [9.17, 15) is 0 Å². The van der Waals surface area contributed by atoms with Crippen LogP contribution in [-0.2, 0) is 13.2 Å². The molecule has 0 aromatic carbocycles. The molecule has 0 radical (unpaired) electrons. The molecule has 2 aromatic rings. The molecule has 1 N–H and O–H groups in total. The minimum atomic E-state index is 0.0479. The van der Waals surface area contributed by atoms with Crippen molar-refractivity contribution in [3.63, 3.8) is 0 Å². The molecule has 0 spiro atoms. The number of anilines is 1. The zero-order valence-electron chi connectivity index (χ0n) is 8.38. The van der Waals surface area contributed by atoms with Crippen LogP contribution in [0.3, 0.4) is 0 Å². The molecule has 0 atom stereocenters. The quantitative estimate of drug-likeness (QED) is 0.861. The first-order valence-corrected chi connectivity index (χ1v) is 5.40. The number of rotatable bonds is 4. The van der Waals surface area contributed by atoms with E-state index in [1.54, 1.807) is 12.5 Å². The zero-order chi connectivity index (χ0) is 10.7. The molecule has 0 aliphatic rings. The van der Waals surface area contributed by atoms with Crippen molar-refractivity contribution >= 4 is 16.5 Å². The third kappa shape index (κ3) is 2.37. The molecule has 15 heavy (non-hydrogen) atoms. The van der Waals surface area contributed by atoms with Gasteiger partial charge in [-0.15, -0.1) is 0 Å². The Kier molecular flexibility index (Phi) is 3.03. The van der Waals surface area contributed by atoms with Gasteiger partial charge in [-0.3, -0.25) is 0 Å². The summed E-state index contributed by atoms with van der Waals surface area (Å²) in [6, 6.07) is 3.79. The van der Waals surface area contributed by atoms with Crippen LogP contribution in [0.1, 0.15) is 10.6 Å². The van der Waals surface area contributed by atoms with E-state index in [0.29, 0.717) is 6.54 Å². The highest BCUT2D eigenvalue weighted by atomic mass is 32.1. The van der Waals surface area contributed by atoms with Crippen LogP contribution in [0.5, 0.6) is 0 Å². The molecule has 0 aliphatic heterocycles. The van der Waals surface area contributed by atoms with Gasteiger partial charge in [0, 0.05) is 13.2 Å². The van der Waals surface area contributed by atoms with Gasteiger partial charge in [0.1, 0.15) is 5.76 Å². The van der Waals surface area contributed by atoms with Crippen molar-refractivity contribution in [2.45, 2.75) is 13.2 Å². The zero-order valence-corrected chi connectivity index (χ0v) is 9.20. The fraction of sp³-hybridized carbons (Fsp3) is 0.300. The average Bonchev–Trinajstić information content (AvgIpc) is 2.86. The van der Waals surface area contributed by atoms with Gasteiger partial charge in [-0.1, -0.05) is 11.3 Å². The van der Waals surface area contributed by atoms with Crippen molar-refractivity contribution in [3.8, 4) is 0 Å². The molecular formula is C10H12N2O2S. The van der Waals surface area contributed by atoms with Crippen LogP contribution in [-0.4, -0.2) is 17.1 Å². The van der Waals surface area contributed by atoms with Gasteiger partial charge in [0.2, 0.25) is 0 Å². The minimum absolute atomic E-state index is 0.0479. The van der Waals surface area contributed by atoms with E-state index in [4.69, 9.17) is 9.52 Å². The summed E-state index contributed by atoms with van der Waals surface area (Å²) in [5, 5.41) is 9.81. The van der Waals surface area contributed by atoms with Crippen LogP contribution in [0.4, 0.5) is 5.13 Å². The van der Waals surface area contributed by atoms with Crippen molar-refractivity contribution in [2.75, 3.05) is 11.9 Å². The van der Waals surface area contributed by atoms with E-state index < -0.39 is 0 Å². The third-order valence-electron chi connectivity index (χ3n) is 2.00. The Morgan fingerprint density at radius 3 is 3.07 bits per heavy atom. The molecule has 0 saturated carbocycles. The maximum absolute atomic E-state index is 8.92. The standard InChI is InChI=1S/C10H12N2O2S/c1-12(6-8-3-2-4-14-8)10-11-5-9(7-13)15-10/h2-5,13H,6-7H2,1H3. The van der Waals surface area contributed by atoms with Gasteiger partial charge in [0.15, 0.2) is 5.13 Å². The summed E-state index contributed by atoms with van der Waals surface area (Å²) in [4.78, 5) is 7.07. The summed E-state index contributed by atoms with van der Waals surface area (Å²) >= 11 is 1.49. The number of nitrogens with zero attached hydrogens (tertiary/aromatic N) is 2. The van der Waals surface area contributed by atoms with E-state index in [1.807, 2.05) is 24.1 Å². The number of hydrogen-bond acceptors (Lipinski definition) is 5. The van der Waals surface area contributed by atoms with Crippen molar-refractivity contribution in [1.29, 1.82) is 0 Å². The largest absolute Gasteiger partial charge is 0.467 e. The highest BCUT2D eigenvalue weighted by Crippen LogP contribution is 2.22. The Morgan fingerprint density at radius 1 is 1.60 bits per heavy atom. The first-order chi connectivity index (χ1) is 7.29. The number of thiazole rings is 1. The SMILES string of the molecule is CN(Cc1ccco1)c1ncc(CO)s1. The Hall–Kier alpha value is -1.33. The third-order valence-corrected chi connectivity index (χ3v) is 3.09. The summed E-state index contributed by atoms with van der Waals surface area (Å²) in [7, 11) is 1.95. The number of aromatic nitrogens is 1. The van der Waals surface area contributed by atoms with Gasteiger partial charge in [-0.25, -0.2) is 4.98 Å². The predicted molar refractivity (Wildman–Crippen MR) is 58.9 cm³/mol. The molecular weight excluding hydrogens is 212 g/mol. The van der Waals surface area contributed by atoms with Crippen molar-refractivity contribution in [1.82, 2.24) is 4.98 Å². The summed E-state index contributed by atoms with van der Waals surface area (Å²) in [6.45, 7) is 0.734. The van der Waals surface area contributed by atoms with E-state index in [0.717, 1.165) is 15.8 Å².